The van der Waals surface area contributed by atoms with Crippen LogP contribution in [-0.4, -0.2) is 21.0 Å². The van der Waals surface area contributed by atoms with Crippen molar-refractivity contribution in [1.82, 2.24) is 15.0 Å². The summed E-state index contributed by atoms with van der Waals surface area (Å²) in [4.78, 5) is 12.6. The average molecular weight is 298 g/mol. The summed E-state index contributed by atoms with van der Waals surface area (Å²) in [6, 6.07) is 0.459. The van der Waals surface area contributed by atoms with Crippen LogP contribution in [0.3, 0.4) is 0 Å². The molecule has 2 aromatic heterocycles. The molecule has 2 heterocycles. The molecular formula is C18H26N4. The number of hydrogen-bond donors (Lipinski definition) is 2. The number of pyridine rings is 1. The van der Waals surface area contributed by atoms with Crippen LogP contribution in [0, 0.1) is 6.92 Å². The van der Waals surface area contributed by atoms with E-state index in [9.17, 15) is 0 Å². The smallest absolute Gasteiger partial charge is 0.159 e. The van der Waals surface area contributed by atoms with Gasteiger partial charge < -0.3 is 10.3 Å². The minimum absolute atomic E-state index is 0.459. The van der Waals surface area contributed by atoms with Crippen LogP contribution in [0.1, 0.15) is 51.9 Å². The Balaban J connectivity index is 2.52. The zero-order valence-electron chi connectivity index (χ0n) is 14.2. The number of nitrogens with one attached hydrogen (secondary N) is 2. The van der Waals surface area contributed by atoms with Crippen molar-refractivity contribution in [2.24, 2.45) is 0 Å². The van der Waals surface area contributed by atoms with Gasteiger partial charge in [-0.1, -0.05) is 32.1 Å². The van der Waals surface area contributed by atoms with Crippen LogP contribution in [0.25, 0.3) is 16.7 Å². The highest BCUT2D eigenvalue weighted by atomic mass is 15.0. The average Bonchev–Trinajstić information content (AvgIpc) is 2.96. The second-order valence-electron chi connectivity index (χ2n) is 5.50. The molecule has 0 unspecified atom stereocenters. The molecule has 4 nitrogen and oxygen atoms in total. The summed E-state index contributed by atoms with van der Waals surface area (Å²) in [6.07, 6.45) is 10.2. The molecule has 0 amide bonds. The van der Waals surface area contributed by atoms with Gasteiger partial charge in [-0.3, -0.25) is 0 Å². The Morgan fingerprint density at radius 3 is 2.64 bits per heavy atom. The first kappa shape index (κ1) is 16.3. The minimum atomic E-state index is 0.459. The van der Waals surface area contributed by atoms with Gasteiger partial charge in [0.1, 0.15) is 11.3 Å². The Bertz CT molecular complexity index is 690. The molecule has 0 radical (unpaired) electrons. The first-order valence-electron chi connectivity index (χ1n) is 8.05. The van der Waals surface area contributed by atoms with Crippen LogP contribution in [0.5, 0.6) is 0 Å². The number of allylic oxidation sites excluding steroid dienone is 4. The summed E-state index contributed by atoms with van der Waals surface area (Å²) in [5.41, 5.74) is 5.05. The van der Waals surface area contributed by atoms with Gasteiger partial charge in [-0.25, -0.2) is 9.97 Å². The highest BCUT2D eigenvalue weighted by Gasteiger charge is 2.14. The van der Waals surface area contributed by atoms with Gasteiger partial charge in [0.25, 0.3) is 0 Å². The highest BCUT2D eigenvalue weighted by molar-refractivity contribution is 5.89. The second-order valence-corrected chi connectivity index (χ2v) is 5.50. The quantitative estimate of drug-likeness (QED) is 0.750. The van der Waals surface area contributed by atoms with Crippen molar-refractivity contribution in [2.75, 3.05) is 5.32 Å². The zero-order valence-corrected chi connectivity index (χ0v) is 14.2. The molecule has 0 aliphatic carbocycles. The summed E-state index contributed by atoms with van der Waals surface area (Å²) in [6.45, 7) is 10.5. The number of aromatic amines is 1. The maximum absolute atomic E-state index is 4.78. The predicted octanol–water partition coefficient (Wildman–Crippen LogP) is 4.85. The SMILES string of the molecule is C/C=C\C(=C/C)c1nc2c(NC(CC)CC)c(C)cnc2[nH]1. The lowest BCUT2D eigenvalue weighted by atomic mass is 10.1. The van der Waals surface area contributed by atoms with Gasteiger partial charge in [-0.2, -0.15) is 0 Å². The molecular weight excluding hydrogens is 272 g/mol. The van der Waals surface area contributed by atoms with Gasteiger partial charge >= 0.3 is 0 Å². The fraction of sp³-hybridized carbons (Fsp3) is 0.444. The van der Waals surface area contributed by atoms with Gasteiger partial charge in [0.15, 0.2) is 5.65 Å². The lowest BCUT2D eigenvalue weighted by Crippen LogP contribution is -2.18. The molecule has 2 aromatic rings. The van der Waals surface area contributed by atoms with E-state index in [4.69, 9.17) is 4.98 Å². The summed E-state index contributed by atoms with van der Waals surface area (Å²) in [5.74, 6) is 0.862. The third-order valence-corrected chi connectivity index (χ3v) is 3.97. The minimum Gasteiger partial charge on any atom is -0.380 e. The van der Waals surface area contributed by atoms with Gasteiger partial charge in [0.2, 0.25) is 0 Å². The van der Waals surface area contributed by atoms with E-state index in [2.05, 4.69) is 48.2 Å². The van der Waals surface area contributed by atoms with Crippen LogP contribution >= 0.6 is 0 Å². The third-order valence-electron chi connectivity index (χ3n) is 3.97. The number of H-pyrrole nitrogens is 1. The third kappa shape index (κ3) is 3.21. The number of rotatable bonds is 6. The molecule has 2 rings (SSSR count). The summed E-state index contributed by atoms with van der Waals surface area (Å²) in [7, 11) is 0. The zero-order chi connectivity index (χ0) is 16.1. The van der Waals surface area contributed by atoms with Crippen LogP contribution in [0.2, 0.25) is 0 Å². The van der Waals surface area contributed by atoms with E-state index >= 15 is 0 Å². The molecule has 118 valence electrons. The molecule has 0 aliphatic rings. The van der Waals surface area contributed by atoms with Crippen LogP contribution in [0.15, 0.2) is 24.4 Å². The largest absolute Gasteiger partial charge is 0.380 e. The number of anilines is 1. The summed E-state index contributed by atoms with van der Waals surface area (Å²) in [5, 5.41) is 3.63. The maximum Gasteiger partial charge on any atom is 0.159 e. The Morgan fingerprint density at radius 1 is 1.32 bits per heavy atom. The van der Waals surface area contributed by atoms with Gasteiger partial charge in [-0.15, -0.1) is 0 Å². The normalized spacial score (nSPS) is 12.7. The predicted molar refractivity (Wildman–Crippen MR) is 95.1 cm³/mol. The highest BCUT2D eigenvalue weighted by Crippen LogP contribution is 2.27. The lowest BCUT2D eigenvalue weighted by molar-refractivity contribution is 0.671. The molecule has 0 fully saturated rings. The van der Waals surface area contributed by atoms with E-state index in [0.29, 0.717) is 6.04 Å². The number of aryl methyl sites for hydroxylation is 1. The number of hydrogen-bond acceptors (Lipinski definition) is 3. The number of imidazole rings is 1. The Kier molecular flexibility index (Phi) is 5.36. The van der Waals surface area contributed by atoms with Crippen molar-refractivity contribution in [3.05, 3.63) is 35.8 Å². The first-order chi connectivity index (χ1) is 10.6. The standard InChI is InChI=1S/C18H26N4/c1-6-10-13(7-2)17-21-16-15(20-14(8-3)9-4)12(5)11-19-18(16)22-17/h6-7,10-11,14H,8-9H2,1-5H3,(H2,19,20,21,22)/b10-6-,13-7+. The fourth-order valence-corrected chi connectivity index (χ4v) is 2.55. The van der Waals surface area contributed by atoms with Crippen LogP contribution in [0.4, 0.5) is 5.69 Å². The number of aromatic nitrogens is 3. The molecule has 4 heteroatoms. The maximum atomic E-state index is 4.78. The van der Waals surface area contributed by atoms with Crippen molar-refractivity contribution in [2.45, 2.75) is 53.5 Å². The number of fused-ring (bicyclic) bond motifs is 1. The van der Waals surface area contributed by atoms with E-state index in [0.717, 1.165) is 46.7 Å². The topological polar surface area (TPSA) is 53.6 Å². The van der Waals surface area contributed by atoms with Crippen molar-refractivity contribution < 1.29 is 0 Å². The monoisotopic (exact) mass is 298 g/mol. The molecule has 0 bridgehead atoms. The van der Waals surface area contributed by atoms with Crippen LogP contribution < -0.4 is 5.32 Å². The molecule has 22 heavy (non-hydrogen) atoms. The van der Waals surface area contributed by atoms with Gasteiger partial charge in [0.05, 0.1) is 5.69 Å². The molecule has 2 N–H and O–H groups in total. The van der Waals surface area contributed by atoms with Crippen molar-refractivity contribution in [3.63, 3.8) is 0 Å². The van der Waals surface area contributed by atoms with E-state index in [1.807, 2.05) is 26.1 Å². The first-order valence-corrected chi connectivity index (χ1v) is 8.05. The van der Waals surface area contributed by atoms with E-state index in [1.54, 1.807) is 0 Å². The van der Waals surface area contributed by atoms with Crippen LogP contribution in [-0.2, 0) is 0 Å². The molecule has 0 spiro atoms. The summed E-state index contributed by atoms with van der Waals surface area (Å²) >= 11 is 0. The van der Waals surface area contributed by atoms with Gasteiger partial charge in [-0.05, 0) is 39.2 Å². The van der Waals surface area contributed by atoms with Gasteiger partial charge in [0, 0.05) is 17.8 Å². The molecule has 0 saturated carbocycles. The van der Waals surface area contributed by atoms with E-state index in [1.165, 1.54) is 0 Å². The summed E-state index contributed by atoms with van der Waals surface area (Å²) < 4.78 is 0. The molecule has 0 aliphatic heterocycles. The number of nitrogens with zero attached hydrogens (tertiary/aromatic N) is 2. The Labute approximate surface area is 132 Å². The molecule has 0 saturated heterocycles. The van der Waals surface area contributed by atoms with Crippen molar-refractivity contribution in [3.8, 4) is 0 Å². The van der Waals surface area contributed by atoms with E-state index in [-0.39, 0.29) is 0 Å². The molecule has 0 atom stereocenters. The fourth-order valence-electron chi connectivity index (χ4n) is 2.55. The lowest BCUT2D eigenvalue weighted by Gasteiger charge is -2.18. The van der Waals surface area contributed by atoms with E-state index < -0.39 is 0 Å². The second kappa shape index (κ2) is 7.25. The molecule has 0 aromatic carbocycles. The van der Waals surface area contributed by atoms with Crippen molar-refractivity contribution in [1.29, 1.82) is 0 Å². The Morgan fingerprint density at radius 2 is 2.05 bits per heavy atom. The van der Waals surface area contributed by atoms with Crippen molar-refractivity contribution >= 4 is 22.4 Å². The Hall–Kier alpha value is -2.10.